The first-order chi connectivity index (χ1) is 6.22. The molecule has 1 saturated heterocycles. The summed E-state index contributed by atoms with van der Waals surface area (Å²) >= 11 is 0. The van der Waals surface area contributed by atoms with E-state index in [1.165, 1.54) is 0 Å². The molecule has 2 atom stereocenters. The van der Waals surface area contributed by atoms with Gasteiger partial charge in [-0.05, 0) is 13.3 Å². The van der Waals surface area contributed by atoms with Gasteiger partial charge >= 0.3 is 0 Å². The zero-order chi connectivity index (χ0) is 9.68. The quantitative estimate of drug-likeness (QED) is 0.622. The molecule has 1 aliphatic heterocycles. The molecule has 0 radical (unpaired) electrons. The molecule has 0 aromatic heterocycles. The fraction of sp³-hybridized carbons (Fsp3) is 1.00. The Balaban J connectivity index is 2.35. The summed E-state index contributed by atoms with van der Waals surface area (Å²) in [6.45, 7) is 5.74. The lowest BCUT2D eigenvalue weighted by Crippen LogP contribution is -2.39. The molecule has 4 heteroatoms. The third kappa shape index (κ3) is 4.04. The van der Waals surface area contributed by atoms with E-state index in [0.717, 1.165) is 32.7 Å². The van der Waals surface area contributed by atoms with Crippen LogP contribution in [0.4, 0.5) is 0 Å². The highest BCUT2D eigenvalue weighted by Crippen LogP contribution is 2.05. The zero-order valence-corrected chi connectivity index (χ0v) is 8.28. The van der Waals surface area contributed by atoms with Gasteiger partial charge in [0.15, 0.2) is 0 Å². The first-order valence-corrected chi connectivity index (χ1v) is 4.94. The van der Waals surface area contributed by atoms with Gasteiger partial charge in [-0.25, -0.2) is 0 Å². The third-order valence-corrected chi connectivity index (χ3v) is 2.22. The molecule has 0 bridgehead atoms. The molecular weight excluding hydrogens is 168 g/mol. The molecule has 0 aromatic carbocycles. The number of hydrogen-bond donors (Lipinski definition) is 2. The van der Waals surface area contributed by atoms with E-state index in [0.29, 0.717) is 6.54 Å². The van der Waals surface area contributed by atoms with Crippen LogP contribution in [0.2, 0.25) is 0 Å². The minimum absolute atomic E-state index is 0.140. The molecule has 0 amide bonds. The van der Waals surface area contributed by atoms with Gasteiger partial charge in [0.1, 0.15) is 0 Å². The maximum absolute atomic E-state index is 9.24. The Hall–Kier alpha value is -0.160. The smallest absolute Gasteiger partial charge is 0.0823 e. The van der Waals surface area contributed by atoms with E-state index < -0.39 is 0 Å². The van der Waals surface area contributed by atoms with Crippen LogP contribution in [0, 0.1) is 0 Å². The first-order valence-electron chi connectivity index (χ1n) is 4.94. The van der Waals surface area contributed by atoms with Gasteiger partial charge in [0.25, 0.3) is 0 Å². The molecule has 2 unspecified atom stereocenters. The van der Waals surface area contributed by atoms with E-state index in [4.69, 9.17) is 10.5 Å². The Morgan fingerprint density at radius 2 is 2.46 bits per heavy atom. The van der Waals surface area contributed by atoms with E-state index in [9.17, 15) is 5.11 Å². The average molecular weight is 188 g/mol. The van der Waals surface area contributed by atoms with Crippen LogP contribution in [0.1, 0.15) is 13.3 Å². The van der Waals surface area contributed by atoms with Gasteiger partial charge < -0.3 is 15.6 Å². The van der Waals surface area contributed by atoms with E-state index in [1.807, 2.05) is 6.92 Å². The van der Waals surface area contributed by atoms with Crippen LogP contribution in [0.25, 0.3) is 0 Å². The van der Waals surface area contributed by atoms with Crippen molar-refractivity contribution in [3.05, 3.63) is 0 Å². The van der Waals surface area contributed by atoms with Crippen LogP contribution >= 0.6 is 0 Å². The molecule has 0 saturated carbocycles. The van der Waals surface area contributed by atoms with Crippen LogP contribution in [0.3, 0.4) is 0 Å². The molecule has 1 rings (SSSR count). The molecule has 0 aliphatic carbocycles. The predicted octanol–water partition coefficient (Wildman–Crippen LogP) is -0.583. The Kier molecular flexibility index (Phi) is 4.66. The summed E-state index contributed by atoms with van der Waals surface area (Å²) in [6, 6.07) is 0. The van der Waals surface area contributed by atoms with Crippen LogP contribution in [-0.4, -0.2) is 55.0 Å². The van der Waals surface area contributed by atoms with Crippen molar-refractivity contribution in [2.75, 3.05) is 32.8 Å². The summed E-state index contributed by atoms with van der Waals surface area (Å²) < 4.78 is 5.52. The van der Waals surface area contributed by atoms with Crippen LogP contribution < -0.4 is 5.73 Å². The highest BCUT2D eigenvalue weighted by Gasteiger charge is 2.17. The summed E-state index contributed by atoms with van der Waals surface area (Å²) in [6.07, 6.45) is 0.904. The molecule has 1 aliphatic rings. The van der Waals surface area contributed by atoms with Crippen molar-refractivity contribution < 1.29 is 9.84 Å². The van der Waals surface area contributed by atoms with Crippen molar-refractivity contribution in [1.29, 1.82) is 0 Å². The van der Waals surface area contributed by atoms with Gasteiger partial charge in [-0.2, -0.15) is 0 Å². The highest BCUT2D eigenvalue weighted by atomic mass is 16.5. The van der Waals surface area contributed by atoms with Gasteiger partial charge in [0.05, 0.1) is 12.2 Å². The largest absolute Gasteiger partial charge is 0.392 e. The van der Waals surface area contributed by atoms with Crippen molar-refractivity contribution in [2.45, 2.75) is 25.6 Å². The average Bonchev–Trinajstić information content (AvgIpc) is 2.28. The Morgan fingerprint density at radius 3 is 3.08 bits per heavy atom. The van der Waals surface area contributed by atoms with Gasteiger partial charge in [-0.15, -0.1) is 0 Å². The van der Waals surface area contributed by atoms with Crippen molar-refractivity contribution in [2.24, 2.45) is 5.73 Å². The molecule has 4 nitrogen and oxygen atoms in total. The van der Waals surface area contributed by atoms with Crippen molar-refractivity contribution in [3.63, 3.8) is 0 Å². The van der Waals surface area contributed by atoms with E-state index in [-0.39, 0.29) is 12.2 Å². The minimum atomic E-state index is -0.267. The molecule has 0 spiro atoms. The molecule has 1 heterocycles. The van der Waals surface area contributed by atoms with E-state index >= 15 is 0 Å². The second-order valence-corrected chi connectivity index (χ2v) is 3.69. The number of ether oxygens (including phenoxy) is 1. The third-order valence-electron chi connectivity index (χ3n) is 2.22. The second-order valence-electron chi connectivity index (χ2n) is 3.69. The lowest BCUT2D eigenvalue weighted by Gasteiger charge is -2.23. The lowest BCUT2D eigenvalue weighted by atomic mass is 10.3. The molecule has 78 valence electrons. The summed E-state index contributed by atoms with van der Waals surface area (Å²) in [4.78, 5) is 2.22. The number of hydrogen-bond acceptors (Lipinski definition) is 4. The zero-order valence-electron chi connectivity index (χ0n) is 8.28. The van der Waals surface area contributed by atoms with Crippen molar-refractivity contribution in [1.82, 2.24) is 4.90 Å². The van der Waals surface area contributed by atoms with Gasteiger partial charge in [0.2, 0.25) is 0 Å². The lowest BCUT2D eigenvalue weighted by molar-refractivity contribution is 0.0524. The topological polar surface area (TPSA) is 58.7 Å². The van der Waals surface area contributed by atoms with Crippen LogP contribution in [-0.2, 0) is 4.74 Å². The Bertz CT molecular complexity index is 142. The van der Waals surface area contributed by atoms with Gasteiger partial charge in [0, 0.05) is 32.8 Å². The number of β-amino-alcohol motifs (C(OH)–C–C–N with tert-alkyl or cyclic N) is 1. The monoisotopic (exact) mass is 188 g/mol. The highest BCUT2D eigenvalue weighted by molar-refractivity contribution is 4.71. The second kappa shape index (κ2) is 5.54. The Morgan fingerprint density at radius 1 is 1.69 bits per heavy atom. The summed E-state index contributed by atoms with van der Waals surface area (Å²) in [5, 5.41) is 9.24. The fourth-order valence-electron chi connectivity index (χ4n) is 1.65. The van der Waals surface area contributed by atoms with Gasteiger partial charge in [-0.3, -0.25) is 4.90 Å². The summed E-state index contributed by atoms with van der Waals surface area (Å²) in [5.74, 6) is 0. The molecule has 3 N–H and O–H groups in total. The van der Waals surface area contributed by atoms with E-state index in [2.05, 4.69) is 4.90 Å². The van der Waals surface area contributed by atoms with Gasteiger partial charge in [-0.1, -0.05) is 0 Å². The maximum Gasteiger partial charge on any atom is 0.0823 e. The number of nitrogens with two attached hydrogens (primary N) is 1. The predicted molar refractivity (Wildman–Crippen MR) is 51.5 cm³/mol. The standard InChI is InChI=1S/C9H20N2O2/c1-8(12)6-11-3-2-4-13-9(5-10)7-11/h8-9,12H,2-7,10H2,1H3. The summed E-state index contributed by atoms with van der Waals surface area (Å²) in [7, 11) is 0. The maximum atomic E-state index is 9.24. The molecule has 13 heavy (non-hydrogen) atoms. The van der Waals surface area contributed by atoms with Crippen molar-refractivity contribution >= 4 is 0 Å². The number of aliphatic hydroxyl groups is 1. The molecular formula is C9H20N2O2. The van der Waals surface area contributed by atoms with Crippen molar-refractivity contribution in [3.8, 4) is 0 Å². The number of rotatable bonds is 3. The van der Waals surface area contributed by atoms with Crippen LogP contribution in [0.15, 0.2) is 0 Å². The SMILES string of the molecule is CC(O)CN1CCCOC(CN)C1. The first kappa shape index (κ1) is 10.9. The normalized spacial score (nSPS) is 28.4. The summed E-state index contributed by atoms with van der Waals surface area (Å²) in [5.41, 5.74) is 5.55. The number of nitrogens with zero attached hydrogens (tertiary/aromatic N) is 1. The molecule has 0 aromatic rings. The van der Waals surface area contributed by atoms with Crippen LogP contribution in [0.5, 0.6) is 0 Å². The minimum Gasteiger partial charge on any atom is -0.392 e. The fourth-order valence-corrected chi connectivity index (χ4v) is 1.65. The van der Waals surface area contributed by atoms with E-state index in [1.54, 1.807) is 0 Å². The Labute approximate surface area is 79.7 Å². The molecule has 1 fully saturated rings. The number of aliphatic hydroxyl groups excluding tert-OH is 1.